The molecule has 62 heavy (non-hydrogen) atoms. The van der Waals surface area contributed by atoms with Crippen LogP contribution in [0, 0.1) is 0 Å². The highest BCUT2D eigenvalue weighted by Gasteiger charge is 2.22. The van der Waals surface area contributed by atoms with Crippen LogP contribution in [0.1, 0.15) is 0 Å². The fourth-order valence-corrected chi connectivity index (χ4v) is 10.1. The van der Waals surface area contributed by atoms with Gasteiger partial charge in [-0.1, -0.05) is 176 Å². The van der Waals surface area contributed by atoms with E-state index in [1.807, 2.05) is 23.5 Å². The molecule has 9 aromatic carbocycles. The van der Waals surface area contributed by atoms with Crippen molar-refractivity contribution in [3.8, 4) is 73.2 Å². The molecular formula is C57H36N4S. The molecule has 0 spiro atoms. The molecule has 0 bridgehead atoms. The van der Waals surface area contributed by atoms with Crippen molar-refractivity contribution in [2.75, 3.05) is 0 Å². The average molecular weight is 809 g/mol. The Morgan fingerprint density at radius 3 is 1.42 bits per heavy atom. The third kappa shape index (κ3) is 6.18. The normalized spacial score (nSPS) is 11.5. The Balaban J connectivity index is 1.13. The van der Waals surface area contributed by atoms with Crippen molar-refractivity contribution in [2.45, 2.75) is 0 Å². The van der Waals surface area contributed by atoms with Crippen LogP contribution in [0.25, 0.3) is 115 Å². The van der Waals surface area contributed by atoms with Crippen LogP contribution >= 0.6 is 11.3 Å². The van der Waals surface area contributed by atoms with Gasteiger partial charge in [-0.25, -0.2) is 15.0 Å². The van der Waals surface area contributed by atoms with Gasteiger partial charge in [-0.05, 0) is 75.8 Å². The van der Waals surface area contributed by atoms with Gasteiger partial charge in [-0.3, -0.25) is 0 Å². The standard InChI is InChI=1S/C57H36N4S/c1-4-15-37(16-5-1)39-27-31-41(32-28-39)55-58-56(42-33-29-40(30-34-42)38-17-6-2-7-18-38)60-57(59-55)43-35-48(45-23-14-26-52-54(45)47-22-11-13-25-51(47)62-52)53-46-21-10-12-24-49(46)61(50(53)36-43)44-19-8-3-9-20-44/h1-36H. The summed E-state index contributed by atoms with van der Waals surface area (Å²) < 4.78 is 4.92. The second kappa shape index (κ2) is 14.9. The molecule has 3 heterocycles. The van der Waals surface area contributed by atoms with Crippen LogP contribution in [0.3, 0.4) is 0 Å². The molecule has 3 aromatic heterocycles. The van der Waals surface area contributed by atoms with Crippen molar-refractivity contribution in [1.82, 2.24) is 19.5 Å². The molecule has 0 fully saturated rings. The molecule has 0 aliphatic heterocycles. The monoisotopic (exact) mass is 808 g/mol. The number of aromatic nitrogens is 4. The third-order valence-electron chi connectivity index (χ3n) is 11.9. The molecule has 0 unspecified atom stereocenters. The van der Waals surface area contributed by atoms with Gasteiger partial charge in [-0.15, -0.1) is 11.3 Å². The molecule has 0 N–H and O–H groups in total. The lowest BCUT2D eigenvalue weighted by atomic mass is 9.93. The summed E-state index contributed by atoms with van der Waals surface area (Å²) in [6.45, 7) is 0. The number of benzene rings is 9. The lowest BCUT2D eigenvalue weighted by Crippen LogP contribution is -2.01. The lowest BCUT2D eigenvalue weighted by Gasteiger charge is -2.14. The van der Waals surface area contributed by atoms with E-state index in [1.54, 1.807) is 0 Å². The maximum absolute atomic E-state index is 5.34. The van der Waals surface area contributed by atoms with E-state index in [0.717, 1.165) is 61.2 Å². The first-order valence-electron chi connectivity index (χ1n) is 20.8. The van der Waals surface area contributed by atoms with Gasteiger partial charge in [0, 0.05) is 53.3 Å². The molecule has 0 aliphatic rings. The highest BCUT2D eigenvalue weighted by molar-refractivity contribution is 7.25. The molecule has 4 nitrogen and oxygen atoms in total. The molecule has 5 heteroatoms. The number of hydrogen-bond donors (Lipinski definition) is 0. The van der Waals surface area contributed by atoms with E-state index in [9.17, 15) is 0 Å². The highest BCUT2D eigenvalue weighted by atomic mass is 32.1. The van der Waals surface area contributed by atoms with Crippen molar-refractivity contribution in [1.29, 1.82) is 0 Å². The summed E-state index contributed by atoms with van der Waals surface area (Å²) in [5, 5.41) is 4.91. The van der Waals surface area contributed by atoms with Gasteiger partial charge in [0.15, 0.2) is 17.5 Å². The Bertz CT molecular complexity index is 3490. The number of hydrogen-bond acceptors (Lipinski definition) is 4. The van der Waals surface area contributed by atoms with E-state index in [2.05, 4.69) is 211 Å². The first kappa shape index (κ1) is 35.9. The SMILES string of the molecule is c1ccc(-c2ccc(-c3nc(-c4ccc(-c5ccccc5)cc4)nc(-c4cc(-c5cccc6sc7ccccc7c56)c5c6ccccc6n(-c6ccccc6)c5c4)n3)cc2)cc1. The molecular weight excluding hydrogens is 773 g/mol. The predicted molar refractivity (Wildman–Crippen MR) is 260 cm³/mol. The summed E-state index contributed by atoms with van der Waals surface area (Å²) in [5.41, 5.74) is 13.0. The quantitative estimate of drug-likeness (QED) is 0.161. The number of nitrogens with zero attached hydrogens (tertiary/aromatic N) is 4. The van der Waals surface area contributed by atoms with E-state index in [1.165, 1.54) is 36.5 Å². The Kier molecular flexibility index (Phi) is 8.65. The number of thiophene rings is 1. The van der Waals surface area contributed by atoms with Crippen LogP contribution in [-0.4, -0.2) is 19.5 Å². The maximum atomic E-state index is 5.34. The van der Waals surface area contributed by atoms with Crippen LogP contribution in [0.15, 0.2) is 218 Å². The van der Waals surface area contributed by atoms with E-state index >= 15 is 0 Å². The summed E-state index contributed by atoms with van der Waals surface area (Å²) in [5.74, 6) is 1.85. The Hall–Kier alpha value is -7.99. The second-order valence-electron chi connectivity index (χ2n) is 15.6. The highest BCUT2D eigenvalue weighted by Crippen LogP contribution is 2.46. The van der Waals surface area contributed by atoms with Crippen molar-refractivity contribution < 1.29 is 0 Å². The third-order valence-corrected chi connectivity index (χ3v) is 13.0. The van der Waals surface area contributed by atoms with Crippen molar-refractivity contribution in [3.05, 3.63) is 218 Å². The zero-order valence-corrected chi connectivity index (χ0v) is 34.3. The van der Waals surface area contributed by atoms with Crippen molar-refractivity contribution in [3.63, 3.8) is 0 Å². The van der Waals surface area contributed by atoms with Crippen LogP contribution in [0.4, 0.5) is 0 Å². The minimum absolute atomic E-state index is 0.611. The summed E-state index contributed by atoms with van der Waals surface area (Å²) in [7, 11) is 0. The van der Waals surface area contributed by atoms with Crippen LogP contribution in [-0.2, 0) is 0 Å². The van der Waals surface area contributed by atoms with E-state index in [-0.39, 0.29) is 0 Å². The Labute approximate surface area is 362 Å². The number of rotatable bonds is 7. The summed E-state index contributed by atoms with van der Waals surface area (Å²) in [6, 6.07) is 77.4. The van der Waals surface area contributed by atoms with Gasteiger partial charge in [0.1, 0.15) is 0 Å². The average Bonchev–Trinajstić information content (AvgIpc) is 3.91. The van der Waals surface area contributed by atoms with Gasteiger partial charge in [0.05, 0.1) is 11.0 Å². The Morgan fingerprint density at radius 2 is 0.790 bits per heavy atom. The summed E-state index contributed by atoms with van der Waals surface area (Å²) >= 11 is 1.84. The predicted octanol–water partition coefficient (Wildman–Crippen LogP) is 15.3. The van der Waals surface area contributed by atoms with E-state index in [0.29, 0.717) is 17.5 Å². The summed E-state index contributed by atoms with van der Waals surface area (Å²) in [6.07, 6.45) is 0. The van der Waals surface area contributed by atoms with Gasteiger partial charge in [-0.2, -0.15) is 0 Å². The van der Waals surface area contributed by atoms with E-state index < -0.39 is 0 Å². The fraction of sp³-hybridized carbons (Fsp3) is 0. The topological polar surface area (TPSA) is 43.6 Å². The van der Waals surface area contributed by atoms with Crippen molar-refractivity contribution in [2.24, 2.45) is 0 Å². The zero-order chi connectivity index (χ0) is 41.0. The lowest BCUT2D eigenvalue weighted by molar-refractivity contribution is 1.07. The number of fused-ring (bicyclic) bond motifs is 6. The van der Waals surface area contributed by atoms with E-state index in [4.69, 9.17) is 15.0 Å². The minimum Gasteiger partial charge on any atom is -0.309 e. The van der Waals surface area contributed by atoms with Gasteiger partial charge in [0.25, 0.3) is 0 Å². The van der Waals surface area contributed by atoms with Gasteiger partial charge in [0.2, 0.25) is 0 Å². The first-order valence-corrected chi connectivity index (χ1v) is 21.7. The molecule has 12 rings (SSSR count). The van der Waals surface area contributed by atoms with Crippen molar-refractivity contribution >= 4 is 53.3 Å². The molecule has 0 saturated carbocycles. The molecule has 0 saturated heterocycles. The zero-order valence-electron chi connectivity index (χ0n) is 33.5. The molecule has 0 atom stereocenters. The molecule has 290 valence electrons. The van der Waals surface area contributed by atoms with Crippen LogP contribution in [0.5, 0.6) is 0 Å². The first-order chi connectivity index (χ1) is 30.7. The molecule has 0 amide bonds. The second-order valence-corrected chi connectivity index (χ2v) is 16.7. The summed E-state index contributed by atoms with van der Waals surface area (Å²) in [4.78, 5) is 15.9. The Morgan fingerprint density at radius 1 is 0.306 bits per heavy atom. The maximum Gasteiger partial charge on any atom is 0.164 e. The van der Waals surface area contributed by atoms with Gasteiger partial charge >= 0.3 is 0 Å². The number of para-hydroxylation sites is 2. The van der Waals surface area contributed by atoms with Crippen LogP contribution < -0.4 is 0 Å². The fourth-order valence-electron chi connectivity index (χ4n) is 8.94. The van der Waals surface area contributed by atoms with Gasteiger partial charge < -0.3 is 4.57 Å². The molecule has 0 radical (unpaired) electrons. The smallest absolute Gasteiger partial charge is 0.164 e. The largest absolute Gasteiger partial charge is 0.309 e. The van der Waals surface area contributed by atoms with Crippen LogP contribution in [0.2, 0.25) is 0 Å². The molecule has 12 aromatic rings. The molecule has 0 aliphatic carbocycles. The minimum atomic E-state index is 0.611.